The molecule has 0 aliphatic carbocycles. The molecule has 0 aliphatic rings. The van der Waals surface area contributed by atoms with E-state index in [1.54, 1.807) is 11.9 Å². The molecular weight excluding hydrogens is 272 g/mol. The molecule has 3 aromatic heterocycles. The zero-order valence-electron chi connectivity index (χ0n) is 10.9. The van der Waals surface area contributed by atoms with Crippen LogP contribution in [0.15, 0.2) is 31.0 Å². The lowest BCUT2D eigenvalue weighted by Crippen LogP contribution is -2.02. The average Bonchev–Trinajstić information content (AvgIpc) is 2.91. The lowest BCUT2D eigenvalue weighted by atomic mass is 10.1. The second-order valence-corrected chi connectivity index (χ2v) is 4.99. The lowest BCUT2D eigenvalue weighted by Gasteiger charge is -2.05. The maximum Gasteiger partial charge on any atom is 0.143 e. The van der Waals surface area contributed by atoms with Crippen molar-refractivity contribution < 1.29 is 0 Å². The van der Waals surface area contributed by atoms with Crippen molar-refractivity contribution in [3.8, 4) is 11.1 Å². The van der Waals surface area contributed by atoms with Crippen LogP contribution < -0.4 is 10.5 Å². The van der Waals surface area contributed by atoms with Gasteiger partial charge in [0.25, 0.3) is 0 Å². The van der Waals surface area contributed by atoms with E-state index in [-0.39, 0.29) is 0 Å². The number of pyridine rings is 1. The Bertz CT molecular complexity index is 739. The van der Waals surface area contributed by atoms with Crippen molar-refractivity contribution in [3.05, 3.63) is 36.5 Å². The topological polar surface area (TPSA) is 92.5 Å². The summed E-state index contributed by atoms with van der Waals surface area (Å²) in [6, 6.07) is 2.09. The van der Waals surface area contributed by atoms with Gasteiger partial charge in [-0.25, -0.2) is 9.97 Å². The fourth-order valence-corrected chi connectivity index (χ4v) is 2.41. The summed E-state index contributed by atoms with van der Waals surface area (Å²) in [6.07, 6.45) is 9.00. The number of hydrogen-bond acceptors (Lipinski definition) is 6. The largest absolute Gasteiger partial charge is 0.383 e. The molecule has 0 unspecified atom stereocenters. The second-order valence-electron chi connectivity index (χ2n) is 4.29. The van der Waals surface area contributed by atoms with Crippen LogP contribution in [0.1, 0.15) is 5.56 Å². The number of nitrogens with zero attached hydrogens (tertiary/aromatic N) is 3. The van der Waals surface area contributed by atoms with E-state index >= 15 is 0 Å². The summed E-state index contributed by atoms with van der Waals surface area (Å²) < 4.78 is 3.21. The first-order valence-corrected chi connectivity index (χ1v) is 7.29. The maximum atomic E-state index is 5.95. The van der Waals surface area contributed by atoms with Crippen LogP contribution >= 0.6 is 11.9 Å². The van der Waals surface area contributed by atoms with E-state index in [0.717, 1.165) is 34.3 Å². The Hall–Kier alpha value is -2.12. The molecule has 0 aromatic carbocycles. The molecule has 6 nitrogen and oxygen atoms in total. The third kappa shape index (κ3) is 2.33. The van der Waals surface area contributed by atoms with Crippen LogP contribution in [0.2, 0.25) is 0 Å². The monoisotopic (exact) mass is 286 g/mol. The van der Waals surface area contributed by atoms with Gasteiger partial charge >= 0.3 is 0 Å². The van der Waals surface area contributed by atoms with E-state index in [0.29, 0.717) is 5.82 Å². The molecule has 0 spiro atoms. The summed E-state index contributed by atoms with van der Waals surface area (Å²) in [5.41, 5.74) is 9.77. The Kier molecular flexibility index (Phi) is 3.53. The predicted molar refractivity (Wildman–Crippen MR) is 81.9 cm³/mol. The number of hydrogen-bond donors (Lipinski definition) is 3. The predicted octanol–water partition coefficient (Wildman–Crippen LogP) is 1.97. The Balaban J connectivity index is 2.07. The van der Waals surface area contributed by atoms with Crippen LogP contribution in [0, 0.1) is 0 Å². The molecule has 3 heterocycles. The van der Waals surface area contributed by atoms with Gasteiger partial charge in [0.2, 0.25) is 0 Å². The molecule has 102 valence electrons. The molecule has 3 aromatic rings. The first-order valence-electron chi connectivity index (χ1n) is 6.07. The zero-order chi connectivity index (χ0) is 13.9. The van der Waals surface area contributed by atoms with Crippen LogP contribution in [0.4, 0.5) is 5.82 Å². The smallest absolute Gasteiger partial charge is 0.143 e. The summed E-state index contributed by atoms with van der Waals surface area (Å²) in [4.78, 5) is 15.6. The van der Waals surface area contributed by atoms with Crippen molar-refractivity contribution in [2.45, 2.75) is 6.54 Å². The van der Waals surface area contributed by atoms with Crippen molar-refractivity contribution >= 4 is 28.8 Å². The highest BCUT2D eigenvalue weighted by Crippen LogP contribution is 2.30. The summed E-state index contributed by atoms with van der Waals surface area (Å²) in [6.45, 7) is 0.760. The van der Waals surface area contributed by atoms with E-state index in [4.69, 9.17) is 5.73 Å². The molecule has 3 rings (SSSR count). The van der Waals surface area contributed by atoms with E-state index < -0.39 is 0 Å². The maximum absolute atomic E-state index is 5.95. The minimum absolute atomic E-state index is 0.471. The van der Waals surface area contributed by atoms with Gasteiger partial charge in [-0.2, -0.15) is 0 Å². The highest BCUT2D eigenvalue weighted by Gasteiger charge is 2.11. The Morgan fingerprint density at radius 2 is 2.25 bits per heavy atom. The molecule has 0 amide bonds. The molecule has 0 bridgehead atoms. The highest BCUT2D eigenvalue weighted by molar-refractivity contribution is 7.96. The zero-order valence-corrected chi connectivity index (χ0v) is 11.7. The van der Waals surface area contributed by atoms with Crippen LogP contribution in [-0.4, -0.2) is 26.2 Å². The number of nitrogens with two attached hydrogens (primary N) is 1. The van der Waals surface area contributed by atoms with E-state index in [2.05, 4.69) is 30.7 Å². The van der Waals surface area contributed by atoms with Crippen molar-refractivity contribution in [2.24, 2.45) is 0 Å². The van der Waals surface area contributed by atoms with E-state index in [1.807, 2.05) is 24.8 Å². The van der Waals surface area contributed by atoms with Gasteiger partial charge in [-0.1, -0.05) is 11.9 Å². The first kappa shape index (κ1) is 12.9. The van der Waals surface area contributed by atoms with Crippen molar-refractivity contribution in [1.82, 2.24) is 24.7 Å². The van der Waals surface area contributed by atoms with Crippen LogP contribution in [0.3, 0.4) is 0 Å². The normalized spacial score (nSPS) is 11.1. The third-order valence-corrected chi connectivity index (χ3v) is 3.46. The summed E-state index contributed by atoms with van der Waals surface area (Å²) in [7, 11) is 0. The molecular formula is C13H14N6S. The van der Waals surface area contributed by atoms with Gasteiger partial charge in [-0.05, 0) is 17.9 Å². The SMILES string of the molecule is CSNCc1cncc(-c2c[nH]c3ncnc(N)c23)c1. The van der Waals surface area contributed by atoms with Crippen LogP contribution in [0.25, 0.3) is 22.2 Å². The van der Waals surface area contributed by atoms with Gasteiger partial charge in [-0.15, -0.1) is 0 Å². The Morgan fingerprint density at radius 3 is 3.10 bits per heavy atom. The number of nitrogens with one attached hydrogen (secondary N) is 2. The van der Waals surface area contributed by atoms with Gasteiger partial charge in [0.15, 0.2) is 0 Å². The molecule has 4 N–H and O–H groups in total. The molecule has 0 fully saturated rings. The minimum atomic E-state index is 0.471. The van der Waals surface area contributed by atoms with Crippen molar-refractivity contribution in [2.75, 3.05) is 12.0 Å². The minimum Gasteiger partial charge on any atom is -0.383 e. The molecule has 0 saturated carbocycles. The van der Waals surface area contributed by atoms with E-state index in [9.17, 15) is 0 Å². The first-order chi connectivity index (χ1) is 9.79. The van der Waals surface area contributed by atoms with Crippen LogP contribution in [-0.2, 0) is 6.54 Å². The molecule has 0 saturated heterocycles. The van der Waals surface area contributed by atoms with Gasteiger partial charge in [0.1, 0.15) is 17.8 Å². The number of rotatable bonds is 4. The van der Waals surface area contributed by atoms with Crippen molar-refractivity contribution in [3.63, 3.8) is 0 Å². The number of anilines is 1. The molecule has 0 aliphatic heterocycles. The van der Waals surface area contributed by atoms with E-state index in [1.165, 1.54) is 6.33 Å². The number of H-pyrrole nitrogens is 1. The van der Waals surface area contributed by atoms with Gasteiger partial charge in [-0.3, -0.25) is 9.71 Å². The fourth-order valence-electron chi connectivity index (χ4n) is 2.10. The summed E-state index contributed by atoms with van der Waals surface area (Å²) in [5, 5.41) is 0.837. The molecule has 0 radical (unpaired) electrons. The molecule has 20 heavy (non-hydrogen) atoms. The standard InChI is InChI=1S/C13H14N6S/c1-20-19-4-8-2-9(5-15-3-8)10-6-16-13-11(10)12(14)17-7-18-13/h2-3,5-7,19H,4H2,1H3,(H3,14,16,17,18). The van der Waals surface area contributed by atoms with Gasteiger partial charge in [0, 0.05) is 36.3 Å². The quantitative estimate of drug-likeness (QED) is 0.635. The summed E-state index contributed by atoms with van der Waals surface area (Å²) >= 11 is 1.58. The number of fused-ring (bicyclic) bond motifs is 1. The van der Waals surface area contributed by atoms with Gasteiger partial charge < -0.3 is 10.7 Å². The lowest BCUT2D eigenvalue weighted by molar-refractivity contribution is 0.967. The highest BCUT2D eigenvalue weighted by atomic mass is 32.2. The van der Waals surface area contributed by atoms with Crippen LogP contribution in [0.5, 0.6) is 0 Å². The number of aromatic amines is 1. The Morgan fingerprint density at radius 1 is 1.35 bits per heavy atom. The second kappa shape index (κ2) is 5.48. The summed E-state index contributed by atoms with van der Waals surface area (Å²) in [5.74, 6) is 0.471. The Labute approximate surface area is 120 Å². The van der Waals surface area contributed by atoms with Gasteiger partial charge in [0.05, 0.1) is 5.39 Å². The molecule has 7 heteroatoms. The average molecular weight is 286 g/mol. The third-order valence-electron chi connectivity index (χ3n) is 3.03. The number of aromatic nitrogens is 4. The fraction of sp³-hybridized carbons (Fsp3) is 0.154. The molecule has 0 atom stereocenters. The van der Waals surface area contributed by atoms with Crippen molar-refractivity contribution in [1.29, 1.82) is 0 Å². The number of nitrogen functional groups attached to an aromatic ring is 1.